The summed E-state index contributed by atoms with van der Waals surface area (Å²) in [4.78, 5) is 31.4. The lowest BCUT2D eigenvalue weighted by atomic mass is 9.82. The van der Waals surface area contributed by atoms with Crippen molar-refractivity contribution < 1.29 is 8.83 Å². The van der Waals surface area contributed by atoms with Crippen LogP contribution >= 0.6 is 0 Å². The molecule has 0 radical (unpaired) electrons. The molecular weight excluding hydrogens is 1460 g/mol. The maximum Gasteiger partial charge on any atom is 0.166 e. The number of fused-ring (bicyclic) bond motifs is 18. The minimum Gasteiger partial charge on any atom is -0.455 e. The summed E-state index contributed by atoms with van der Waals surface area (Å²) in [7, 11) is -1.93. The Balaban J connectivity index is 0.000000138. The fourth-order valence-electron chi connectivity index (χ4n) is 18.8. The van der Waals surface area contributed by atoms with E-state index >= 15 is 0 Å². The van der Waals surface area contributed by atoms with Gasteiger partial charge in [-0.05, 0) is 109 Å². The second-order valence-corrected chi connectivity index (χ2v) is 36.3. The van der Waals surface area contributed by atoms with Gasteiger partial charge >= 0.3 is 0 Å². The molecule has 11 heteroatoms. The second kappa shape index (κ2) is 26.8. The summed E-state index contributed by atoms with van der Waals surface area (Å²) in [6.07, 6.45) is 0. The molecule has 0 bridgehead atoms. The van der Waals surface area contributed by atoms with Crippen LogP contribution in [0.3, 0.4) is 0 Å². The van der Waals surface area contributed by atoms with Crippen molar-refractivity contribution in [3.8, 4) is 124 Å². The molecule has 0 atom stereocenters. The Morgan fingerprint density at radius 3 is 1.11 bits per heavy atom. The Morgan fingerprint density at radius 2 is 0.602 bits per heavy atom. The second-order valence-electron chi connectivity index (χ2n) is 32.0. The van der Waals surface area contributed by atoms with Gasteiger partial charge in [-0.1, -0.05) is 324 Å². The van der Waals surface area contributed by atoms with Gasteiger partial charge in [0.1, 0.15) is 30.4 Å². The Hall–Kier alpha value is -15.0. The maximum absolute atomic E-state index is 6.80. The number of nitrogens with zero attached hydrogens (tertiary/aromatic N) is 8. The number of hydrogen-bond donors (Lipinski definition) is 0. The van der Waals surface area contributed by atoms with Crippen LogP contribution in [-0.2, 0) is 5.41 Å². The molecule has 0 spiro atoms. The van der Waals surface area contributed by atoms with E-state index < -0.39 is 8.07 Å². The van der Waals surface area contributed by atoms with Crippen LogP contribution in [0, 0.1) is 0 Å². The highest BCUT2D eigenvalue weighted by atomic mass is 28.3. The summed E-state index contributed by atoms with van der Waals surface area (Å²) in [5, 5.41) is 11.9. The normalized spacial score (nSPS) is 13.1. The molecule has 10 nitrogen and oxygen atoms in total. The van der Waals surface area contributed by atoms with Crippen molar-refractivity contribution in [3.63, 3.8) is 0 Å². The first-order valence-corrected chi connectivity index (χ1v) is 43.2. The van der Waals surface area contributed by atoms with Crippen LogP contribution in [-0.4, -0.2) is 47.1 Å². The van der Waals surface area contributed by atoms with Gasteiger partial charge < -0.3 is 18.0 Å². The maximum atomic E-state index is 6.80. The number of benzene rings is 16. The molecule has 1 aliphatic carbocycles. The van der Waals surface area contributed by atoms with E-state index in [2.05, 4.69) is 352 Å². The molecule has 22 aromatic rings. The quantitative estimate of drug-likeness (QED) is 0.124. The summed E-state index contributed by atoms with van der Waals surface area (Å²) < 4.78 is 18.3. The van der Waals surface area contributed by atoms with Crippen molar-refractivity contribution in [2.45, 2.75) is 32.4 Å². The van der Waals surface area contributed by atoms with Crippen LogP contribution in [0.25, 0.3) is 212 Å². The fourth-order valence-corrected chi connectivity index (χ4v) is 21.9. The van der Waals surface area contributed by atoms with Gasteiger partial charge in [0, 0.05) is 105 Å². The van der Waals surface area contributed by atoms with E-state index in [-0.39, 0.29) is 5.41 Å². The van der Waals surface area contributed by atoms with E-state index in [1.807, 2.05) is 48.5 Å². The van der Waals surface area contributed by atoms with E-state index in [9.17, 15) is 0 Å². The molecule has 0 unspecified atom stereocenters. The molecule has 118 heavy (non-hydrogen) atoms. The van der Waals surface area contributed by atoms with Crippen LogP contribution in [0.4, 0.5) is 0 Å². The predicted octanol–water partition coefficient (Wildman–Crippen LogP) is 26.2. The summed E-state index contributed by atoms with van der Waals surface area (Å²) in [6.45, 7) is 9.50. The molecule has 1 aliphatic heterocycles. The van der Waals surface area contributed by atoms with E-state index in [1.165, 1.54) is 49.1 Å². The van der Waals surface area contributed by atoms with Crippen LogP contribution in [0.5, 0.6) is 0 Å². The summed E-state index contributed by atoms with van der Waals surface area (Å²) >= 11 is 0. The standard InChI is InChI=1S/C54H36N4O.C53H36N4OSi/c1-54(2)44-25-12-9-20-37(44)38-29-28-35(30-45(38)54)52-55-51(34-18-7-4-8-19-34)56-53(57-52)41-22-11-14-27-47(41)58-46-26-13-10-21-39(46)42-31-43-40-24-15-23-36(33-16-5-3-6-17-33)50(40)59-49(43)32-48(42)58;1-59(2)48-27-14-11-21-38(48)39-29-28-35(30-49(39)59)52-54-51(34-18-7-4-8-19-34)55-53(56-52)41-22-10-13-26-45(41)57-44-25-12-9-20-37(44)42-31-43-40-24-15-23-36(33-16-5-3-6-17-33)50(40)58-47(43)32-46(42)57/h2*3-32H,1-2H3. The lowest BCUT2D eigenvalue weighted by Crippen LogP contribution is -2.49. The molecule has 24 rings (SSSR count). The van der Waals surface area contributed by atoms with Gasteiger partial charge in [-0.25, -0.2) is 29.9 Å². The first-order chi connectivity index (χ1) is 58.0. The van der Waals surface area contributed by atoms with Gasteiger partial charge in [-0.2, -0.15) is 0 Å². The van der Waals surface area contributed by atoms with E-state index in [0.717, 1.165) is 149 Å². The van der Waals surface area contributed by atoms with E-state index in [0.29, 0.717) is 34.9 Å². The number of hydrogen-bond acceptors (Lipinski definition) is 8. The summed E-state index contributed by atoms with van der Waals surface area (Å²) in [6, 6.07) is 128. The Kier molecular flexibility index (Phi) is 15.6. The molecule has 0 amide bonds. The van der Waals surface area contributed by atoms with Crippen molar-refractivity contribution in [1.29, 1.82) is 0 Å². The molecule has 2 aliphatic rings. The van der Waals surface area contributed by atoms with Gasteiger partial charge in [-0.3, -0.25) is 0 Å². The minimum absolute atomic E-state index is 0.155. The number of para-hydroxylation sites is 6. The van der Waals surface area contributed by atoms with Crippen LogP contribution in [0.2, 0.25) is 13.1 Å². The highest BCUT2D eigenvalue weighted by Crippen LogP contribution is 2.51. The van der Waals surface area contributed by atoms with Gasteiger partial charge in [-0.15, -0.1) is 0 Å². The van der Waals surface area contributed by atoms with E-state index in [4.69, 9.17) is 38.7 Å². The predicted molar refractivity (Wildman–Crippen MR) is 486 cm³/mol. The third-order valence-electron chi connectivity index (χ3n) is 24.5. The van der Waals surface area contributed by atoms with Crippen molar-refractivity contribution >= 4 is 106 Å². The van der Waals surface area contributed by atoms with Gasteiger partial charge in [0.15, 0.2) is 34.9 Å². The molecule has 556 valence electrons. The zero-order valence-electron chi connectivity index (χ0n) is 65.0. The number of furan rings is 2. The lowest BCUT2D eigenvalue weighted by Gasteiger charge is -2.21. The van der Waals surface area contributed by atoms with Crippen molar-refractivity contribution in [2.24, 2.45) is 0 Å². The van der Waals surface area contributed by atoms with Crippen LogP contribution < -0.4 is 10.4 Å². The van der Waals surface area contributed by atoms with Gasteiger partial charge in [0.25, 0.3) is 0 Å². The SMILES string of the molecule is CC1(C)c2ccccc2-c2ccc(-c3nc(-c4ccccc4)nc(-c4ccccc4-n4c5ccccc5c5cc6c(cc54)oc4c(-c5ccccc5)cccc46)n3)cc21.C[Si]1(C)c2ccccc2-c2ccc(-c3nc(-c4ccccc4)nc(-c4ccccc4-n4c5ccccc5c5cc6c(cc54)oc4c(-c5ccccc5)cccc46)n3)cc21. The molecular formula is C107H72N8O2Si. The highest BCUT2D eigenvalue weighted by Gasteiger charge is 2.39. The molecule has 7 heterocycles. The van der Waals surface area contributed by atoms with Gasteiger partial charge in [0.2, 0.25) is 0 Å². The monoisotopic (exact) mass is 1530 g/mol. The van der Waals surface area contributed by atoms with Crippen molar-refractivity contribution in [3.05, 3.63) is 375 Å². The molecule has 16 aromatic carbocycles. The van der Waals surface area contributed by atoms with Crippen LogP contribution in [0.1, 0.15) is 25.0 Å². The Morgan fingerprint density at radius 1 is 0.237 bits per heavy atom. The minimum atomic E-state index is -1.93. The molecule has 0 fully saturated rings. The average molecular weight is 1530 g/mol. The number of rotatable bonds is 10. The largest absolute Gasteiger partial charge is 0.455 e. The lowest BCUT2D eigenvalue weighted by molar-refractivity contribution is 0.660. The highest BCUT2D eigenvalue weighted by molar-refractivity contribution is 7.03. The van der Waals surface area contributed by atoms with Crippen molar-refractivity contribution in [1.82, 2.24) is 39.0 Å². The average Bonchev–Trinajstić information content (AvgIpc) is 1.57. The molecule has 0 saturated carbocycles. The summed E-state index contributed by atoms with van der Waals surface area (Å²) in [5.41, 5.74) is 27.5. The smallest absolute Gasteiger partial charge is 0.166 e. The number of aromatic nitrogens is 8. The van der Waals surface area contributed by atoms with Crippen LogP contribution in [0.15, 0.2) is 373 Å². The molecule has 6 aromatic heterocycles. The Bertz CT molecular complexity index is 7410. The first-order valence-electron chi connectivity index (χ1n) is 40.2. The van der Waals surface area contributed by atoms with E-state index in [1.54, 1.807) is 0 Å². The molecule has 0 saturated heterocycles. The van der Waals surface area contributed by atoms with Crippen molar-refractivity contribution in [2.75, 3.05) is 0 Å². The third-order valence-corrected chi connectivity index (χ3v) is 28.1. The summed E-state index contributed by atoms with van der Waals surface area (Å²) in [5.74, 6) is 3.79. The van der Waals surface area contributed by atoms with Gasteiger partial charge in [0.05, 0.1) is 33.4 Å². The zero-order chi connectivity index (χ0) is 78.5. The molecule has 0 N–H and O–H groups in total. The zero-order valence-corrected chi connectivity index (χ0v) is 66.0. The third kappa shape index (κ3) is 10.8. The topological polar surface area (TPSA) is 113 Å². The fraction of sp³-hybridized carbons (Fsp3) is 0.0467. The first kappa shape index (κ1) is 68.5. The Labute approximate surface area is 681 Å².